The second kappa shape index (κ2) is 6.43. The van der Waals surface area contributed by atoms with Gasteiger partial charge >= 0.3 is 12.0 Å². The topological polar surface area (TPSA) is 72.9 Å². The monoisotopic (exact) mass is 283 g/mol. The molecular weight excluding hydrogens is 258 g/mol. The zero-order chi connectivity index (χ0) is 14.7. The van der Waals surface area contributed by atoms with Crippen molar-refractivity contribution in [2.75, 3.05) is 20.1 Å². The van der Waals surface area contributed by atoms with E-state index in [4.69, 9.17) is 5.11 Å². The summed E-state index contributed by atoms with van der Waals surface area (Å²) in [6, 6.07) is -0.418. The van der Waals surface area contributed by atoms with Crippen LogP contribution < -0.4 is 5.32 Å². The second-order valence-electron chi connectivity index (χ2n) is 5.82. The van der Waals surface area contributed by atoms with Gasteiger partial charge in [-0.3, -0.25) is 4.90 Å². The molecule has 3 unspecified atom stereocenters. The number of likely N-dealkylation sites (N-methyl/N-ethyl adjacent to an activating group) is 1. The third-order valence-corrected chi connectivity index (χ3v) is 4.62. The van der Waals surface area contributed by atoms with Crippen LogP contribution in [0.25, 0.3) is 0 Å². The minimum atomic E-state index is -0.948. The summed E-state index contributed by atoms with van der Waals surface area (Å²) in [6.45, 7) is 3.94. The Morgan fingerprint density at radius 1 is 1.35 bits per heavy atom. The van der Waals surface area contributed by atoms with Crippen molar-refractivity contribution in [3.63, 3.8) is 0 Å². The van der Waals surface area contributed by atoms with Gasteiger partial charge in [0.05, 0.1) is 0 Å². The van der Waals surface area contributed by atoms with Gasteiger partial charge in [-0.1, -0.05) is 13.3 Å². The predicted octanol–water partition coefficient (Wildman–Crippen LogP) is 1.12. The molecule has 6 heteroatoms. The van der Waals surface area contributed by atoms with Crippen LogP contribution in [-0.4, -0.2) is 65.2 Å². The summed E-state index contributed by atoms with van der Waals surface area (Å²) < 4.78 is 0. The van der Waals surface area contributed by atoms with Crippen molar-refractivity contribution in [3.8, 4) is 0 Å². The molecule has 2 amide bonds. The molecule has 114 valence electrons. The van der Waals surface area contributed by atoms with Crippen molar-refractivity contribution in [1.82, 2.24) is 15.1 Å². The molecule has 2 rings (SSSR count). The molecule has 0 aromatic carbocycles. The van der Waals surface area contributed by atoms with E-state index >= 15 is 0 Å². The normalized spacial score (nSPS) is 27.7. The lowest BCUT2D eigenvalue weighted by Crippen LogP contribution is -2.53. The van der Waals surface area contributed by atoms with E-state index in [1.54, 1.807) is 14.0 Å². The molecule has 2 aliphatic rings. The molecular formula is C14H25N3O3. The van der Waals surface area contributed by atoms with Crippen LogP contribution >= 0.6 is 0 Å². The number of carbonyl (C=O) groups is 2. The first kappa shape index (κ1) is 15.1. The van der Waals surface area contributed by atoms with Crippen molar-refractivity contribution in [1.29, 1.82) is 0 Å². The maximum Gasteiger partial charge on any atom is 0.326 e. The Morgan fingerprint density at radius 3 is 2.75 bits per heavy atom. The molecule has 0 aromatic heterocycles. The number of hydrogen-bond acceptors (Lipinski definition) is 3. The van der Waals surface area contributed by atoms with E-state index in [0.717, 1.165) is 25.9 Å². The Labute approximate surface area is 120 Å². The first-order chi connectivity index (χ1) is 9.54. The van der Waals surface area contributed by atoms with E-state index < -0.39 is 12.0 Å². The van der Waals surface area contributed by atoms with Gasteiger partial charge in [0.1, 0.15) is 6.04 Å². The number of carboxylic acids is 1. The van der Waals surface area contributed by atoms with E-state index in [0.29, 0.717) is 12.5 Å². The zero-order valence-corrected chi connectivity index (χ0v) is 12.3. The minimum Gasteiger partial charge on any atom is -0.480 e. The lowest BCUT2D eigenvalue weighted by atomic mass is 9.99. The summed E-state index contributed by atoms with van der Waals surface area (Å²) in [6.07, 6.45) is 4.97. The van der Waals surface area contributed by atoms with E-state index in [1.165, 1.54) is 17.7 Å². The SMILES string of the molecule is CCC(C(=O)O)N(C)C(=O)NC1CCN2CCCCC12. The fourth-order valence-corrected chi connectivity index (χ4v) is 3.43. The largest absolute Gasteiger partial charge is 0.480 e. The Bertz CT molecular complexity index is 375. The number of nitrogens with one attached hydrogen (secondary N) is 1. The molecule has 2 heterocycles. The van der Waals surface area contributed by atoms with Gasteiger partial charge in [-0.2, -0.15) is 0 Å². The van der Waals surface area contributed by atoms with Crippen LogP contribution in [0.1, 0.15) is 39.0 Å². The number of amides is 2. The lowest BCUT2D eigenvalue weighted by Gasteiger charge is -2.33. The van der Waals surface area contributed by atoms with Crippen molar-refractivity contribution >= 4 is 12.0 Å². The smallest absolute Gasteiger partial charge is 0.326 e. The number of aliphatic carboxylic acids is 1. The Morgan fingerprint density at radius 2 is 2.10 bits per heavy atom. The van der Waals surface area contributed by atoms with Crippen LogP contribution in [-0.2, 0) is 4.79 Å². The molecule has 0 bridgehead atoms. The molecule has 6 nitrogen and oxygen atoms in total. The lowest BCUT2D eigenvalue weighted by molar-refractivity contribution is -0.141. The molecule has 20 heavy (non-hydrogen) atoms. The summed E-state index contributed by atoms with van der Waals surface area (Å²) in [5, 5.41) is 12.1. The number of carboxylic acid groups (broad SMARTS) is 1. The number of hydrogen-bond donors (Lipinski definition) is 2. The molecule has 3 atom stereocenters. The first-order valence-electron chi connectivity index (χ1n) is 7.54. The highest BCUT2D eigenvalue weighted by Crippen LogP contribution is 2.27. The number of urea groups is 1. The van der Waals surface area contributed by atoms with Crippen LogP contribution in [0.4, 0.5) is 4.79 Å². The van der Waals surface area contributed by atoms with Crippen molar-refractivity contribution in [2.45, 2.75) is 57.2 Å². The van der Waals surface area contributed by atoms with E-state index in [1.807, 2.05) is 0 Å². The standard InChI is InChI=1S/C14H25N3O3/c1-3-11(13(18)19)16(2)14(20)15-10-7-9-17-8-5-4-6-12(10)17/h10-12H,3-9H2,1-2H3,(H,15,20)(H,18,19). The highest BCUT2D eigenvalue weighted by atomic mass is 16.4. The predicted molar refractivity (Wildman–Crippen MR) is 75.6 cm³/mol. The first-order valence-corrected chi connectivity index (χ1v) is 7.54. The number of piperidine rings is 1. The van der Waals surface area contributed by atoms with Gasteiger partial charge in [-0.25, -0.2) is 9.59 Å². The fraction of sp³-hybridized carbons (Fsp3) is 0.857. The van der Waals surface area contributed by atoms with Gasteiger partial charge < -0.3 is 15.3 Å². The van der Waals surface area contributed by atoms with Crippen molar-refractivity contribution in [2.24, 2.45) is 0 Å². The number of carbonyl (C=O) groups excluding carboxylic acids is 1. The summed E-state index contributed by atoms with van der Waals surface area (Å²) in [7, 11) is 1.56. The van der Waals surface area contributed by atoms with Crippen LogP contribution in [0.15, 0.2) is 0 Å². The van der Waals surface area contributed by atoms with Gasteiger partial charge in [0.2, 0.25) is 0 Å². The maximum atomic E-state index is 12.2. The number of fused-ring (bicyclic) bond motifs is 1. The van der Waals surface area contributed by atoms with Gasteiger partial charge in [-0.15, -0.1) is 0 Å². The summed E-state index contributed by atoms with van der Waals surface area (Å²) in [4.78, 5) is 27.1. The van der Waals surface area contributed by atoms with Crippen molar-refractivity contribution in [3.05, 3.63) is 0 Å². The Hall–Kier alpha value is -1.30. The quantitative estimate of drug-likeness (QED) is 0.811. The molecule has 2 saturated heterocycles. The van der Waals surface area contributed by atoms with Crippen LogP contribution in [0.2, 0.25) is 0 Å². The Balaban J connectivity index is 1.92. The highest BCUT2D eigenvalue weighted by molar-refractivity contribution is 5.82. The van der Waals surface area contributed by atoms with Gasteiger partial charge in [0.25, 0.3) is 0 Å². The molecule has 0 saturated carbocycles. The van der Waals surface area contributed by atoms with E-state index in [2.05, 4.69) is 10.2 Å². The zero-order valence-electron chi connectivity index (χ0n) is 12.3. The Kier molecular flexibility index (Phi) is 4.86. The minimum absolute atomic E-state index is 0.163. The second-order valence-corrected chi connectivity index (χ2v) is 5.82. The highest BCUT2D eigenvalue weighted by Gasteiger charge is 2.37. The molecule has 2 N–H and O–H groups in total. The van der Waals surface area contributed by atoms with Crippen LogP contribution in [0.3, 0.4) is 0 Å². The number of nitrogens with zero attached hydrogens (tertiary/aromatic N) is 2. The molecule has 0 spiro atoms. The van der Waals surface area contributed by atoms with Crippen LogP contribution in [0.5, 0.6) is 0 Å². The number of rotatable bonds is 4. The van der Waals surface area contributed by atoms with E-state index in [9.17, 15) is 9.59 Å². The van der Waals surface area contributed by atoms with Gasteiger partial charge in [-0.05, 0) is 32.2 Å². The maximum absolute atomic E-state index is 12.2. The third-order valence-electron chi connectivity index (χ3n) is 4.62. The average Bonchev–Trinajstić information content (AvgIpc) is 2.82. The average molecular weight is 283 g/mol. The summed E-state index contributed by atoms with van der Waals surface area (Å²) in [5.74, 6) is -0.948. The van der Waals surface area contributed by atoms with Crippen LogP contribution in [0, 0.1) is 0 Å². The van der Waals surface area contributed by atoms with E-state index in [-0.39, 0.29) is 12.1 Å². The molecule has 0 aliphatic carbocycles. The molecule has 0 radical (unpaired) electrons. The summed E-state index contributed by atoms with van der Waals surface area (Å²) in [5.41, 5.74) is 0. The summed E-state index contributed by atoms with van der Waals surface area (Å²) >= 11 is 0. The van der Waals surface area contributed by atoms with Gasteiger partial charge in [0.15, 0.2) is 0 Å². The third kappa shape index (κ3) is 3.06. The molecule has 0 aromatic rings. The molecule has 2 fully saturated rings. The van der Waals surface area contributed by atoms with Crippen molar-refractivity contribution < 1.29 is 14.7 Å². The molecule has 2 aliphatic heterocycles. The van der Waals surface area contributed by atoms with Gasteiger partial charge in [0, 0.05) is 25.7 Å². The fourth-order valence-electron chi connectivity index (χ4n) is 3.43.